The number of amides is 1. The Kier molecular flexibility index (Phi) is 5.16. The highest BCUT2D eigenvalue weighted by molar-refractivity contribution is 9.10. The van der Waals surface area contributed by atoms with Gasteiger partial charge in [-0.1, -0.05) is 11.6 Å². The van der Waals surface area contributed by atoms with Crippen molar-refractivity contribution in [2.75, 3.05) is 18.8 Å². The van der Waals surface area contributed by atoms with Crippen molar-refractivity contribution in [1.82, 2.24) is 4.90 Å². The van der Waals surface area contributed by atoms with Crippen molar-refractivity contribution in [3.05, 3.63) is 27.2 Å². The Bertz CT molecular complexity index is 487. The van der Waals surface area contributed by atoms with E-state index in [9.17, 15) is 9.59 Å². The number of likely N-dealkylation sites (N-methyl/N-ethyl adjacent to an activating group) is 1. The number of hydrogen-bond donors (Lipinski definition) is 1. The molecule has 1 aromatic carbocycles. The van der Waals surface area contributed by atoms with Crippen molar-refractivity contribution in [3.63, 3.8) is 0 Å². The van der Waals surface area contributed by atoms with E-state index in [1.165, 1.54) is 11.0 Å². The molecule has 0 bridgehead atoms. The number of Topliss-reactive ketones (excluding diaryl/α,β-unsaturated/α-hetero) is 1. The minimum Gasteiger partial charge on any atom is -0.397 e. The van der Waals surface area contributed by atoms with Gasteiger partial charge in [0, 0.05) is 22.6 Å². The number of carbonyl (C=O) groups excluding carboxylic acids is 2. The Labute approximate surface area is 119 Å². The summed E-state index contributed by atoms with van der Waals surface area (Å²) in [4.78, 5) is 25.5. The zero-order chi connectivity index (χ0) is 13.9. The quantitative estimate of drug-likeness (QED) is 0.523. The van der Waals surface area contributed by atoms with E-state index in [4.69, 9.17) is 17.3 Å². The summed E-state index contributed by atoms with van der Waals surface area (Å²) in [6.45, 7) is 4.57. The molecule has 0 unspecified atom stereocenters. The fourth-order valence-electron chi connectivity index (χ4n) is 1.54. The molecule has 4 nitrogen and oxygen atoms in total. The van der Waals surface area contributed by atoms with Crippen LogP contribution < -0.4 is 5.73 Å². The second-order valence-corrected chi connectivity index (χ2v) is 4.95. The Morgan fingerprint density at radius 1 is 1.33 bits per heavy atom. The van der Waals surface area contributed by atoms with Gasteiger partial charge in [-0.3, -0.25) is 9.59 Å². The molecule has 1 amide bonds. The van der Waals surface area contributed by atoms with E-state index in [1.54, 1.807) is 6.07 Å². The summed E-state index contributed by atoms with van der Waals surface area (Å²) in [5.41, 5.74) is 6.13. The van der Waals surface area contributed by atoms with Gasteiger partial charge in [-0.05, 0) is 41.9 Å². The first-order valence-corrected chi connectivity index (χ1v) is 6.67. The SMILES string of the molecule is CCN(CC)C(=O)C(=O)c1cc(Cl)cc(Br)c1N. The third-order valence-corrected chi connectivity index (χ3v) is 3.46. The fraction of sp³-hybridized carbons (Fsp3) is 0.333. The molecule has 1 rings (SSSR count). The van der Waals surface area contributed by atoms with Crippen LogP contribution in [0.5, 0.6) is 0 Å². The van der Waals surface area contributed by atoms with E-state index in [2.05, 4.69) is 15.9 Å². The molecule has 0 saturated heterocycles. The van der Waals surface area contributed by atoms with Crippen molar-refractivity contribution in [3.8, 4) is 0 Å². The molecule has 6 heteroatoms. The summed E-state index contributed by atoms with van der Waals surface area (Å²) < 4.78 is 0.505. The fourth-order valence-corrected chi connectivity index (χ4v) is 2.35. The molecule has 0 saturated carbocycles. The maximum absolute atomic E-state index is 12.1. The number of carbonyl (C=O) groups is 2. The number of hydrogen-bond acceptors (Lipinski definition) is 3. The van der Waals surface area contributed by atoms with Gasteiger partial charge in [0.25, 0.3) is 11.7 Å². The number of rotatable bonds is 4. The van der Waals surface area contributed by atoms with Gasteiger partial charge in [0.1, 0.15) is 0 Å². The molecular formula is C12H14BrClN2O2. The largest absolute Gasteiger partial charge is 0.397 e. The molecule has 0 heterocycles. The number of anilines is 1. The minimum absolute atomic E-state index is 0.131. The first-order valence-electron chi connectivity index (χ1n) is 5.50. The topological polar surface area (TPSA) is 63.4 Å². The van der Waals surface area contributed by atoms with Crippen molar-refractivity contribution in [2.24, 2.45) is 0 Å². The average molecular weight is 334 g/mol. The Morgan fingerprint density at radius 2 is 1.89 bits per heavy atom. The lowest BCUT2D eigenvalue weighted by Crippen LogP contribution is -2.36. The van der Waals surface area contributed by atoms with Crippen LogP contribution in [0.2, 0.25) is 5.02 Å². The summed E-state index contributed by atoms with van der Waals surface area (Å²) in [5, 5.41) is 0.353. The van der Waals surface area contributed by atoms with Crippen LogP contribution >= 0.6 is 27.5 Å². The highest BCUT2D eigenvalue weighted by Gasteiger charge is 2.24. The lowest BCUT2D eigenvalue weighted by Gasteiger charge is -2.18. The van der Waals surface area contributed by atoms with Crippen molar-refractivity contribution >= 4 is 44.9 Å². The third-order valence-electron chi connectivity index (χ3n) is 2.58. The Hall–Kier alpha value is -1.07. The predicted molar refractivity (Wildman–Crippen MR) is 75.8 cm³/mol. The number of halogens is 2. The van der Waals surface area contributed by atoms with Gasteiger partial charge in [-0.25, -0.2) is 0 Å². The molecular weight excluding hydrogens is 320 g/mol. The third kappa shape index (κ3) is 3.03. The highest BCUT2D eigenvalue weighted by Crippen LogP contribution is 2.28. The van der Waals surface area contributed by atoms with Crippen LogP contribution in [0, 0.1) is 0 Å². The van der Waals surface area contributed by atoms with E-state index < -0.39 is 11.7 Å². The standard InChI is InChI=1S/C12H14BrClN2O2/c1-3-16(4-2)12(18)11(17)8-5-7(14)6-9(13)10(8)15/h5-6H,3-4,15H2,1-2H3. The van der Waals surface area contributed by atoms with Gasteiger partial charge in [0.05, 0.1) is 11.3 Å². The lowest BCUT2D eigenvalue weighted by molar-refractivity contribution is -0.126. The summed E-state index contributed by atoms with van der Waals surface area (Å²) in [6.07, 6.45) is 0. The van der Waals surface area contributed by atoms with Gasteiger partial charge >= 0.3 is 0 Å². The Morgan fingerprint density at radius 3 is 2.39 bits per heavy atom. The molecule has 18 heavy (non-hydrogen) atoms. The number of nitrogens with two attached hydrogens (primary N) is 1. The minimum atomic E-state index is -0.639. The van der Waals surface area contributed by atoms with Crippen molar-refractivity contribution in [2.45, 2.75) is 13.8 Å². The smallest absolute Gasteiger partial charge is 0.295 e. The van der Waals surface area contributed by atoms with E-state index in [-0.39, 0.29) is 11.3 Å². The van der Waals surface area contributed by atoms with Crippen LogP contribution in [0.3, 0.4) is 0 Å². The van der Waals surface area contributed by atoms with Crippen LogP contribution in [-0.2, 0) is 4.79 Å². The molecule has 0 aliphatic carbocycles. The zero-order valence-electron chi connectivity index (χ0n) is 10.2. The highest BCUT2D eigenvalue weighted by atomic mass is 79.9. The summed E-state index contributed by atoms with van der Waals surface area (Å²) in [6, 6.07) is 2.99. The number of nitrogen functional groups attached to an aromatic ring is 1. The molecule has 0 spiro atoms. The first-order chi connectivity index (χ1) is 8.42. The second kappa shape index (κ2) is 6.20. The van der Waals surface area contributed by atoms with Gasteiger partial charge in [0.15, 0.2) is 0 Å². The summed E-state index contributed by atoms with van der Waals surface area (Å²) in [7, 11) is 0. The van der Waals surface area contributed by atoms with Gasteiger partial charge in [-0.15, -0.1) is 0 Å². The van der Waals surface area contributed by atoms with Gasteiger partial charge in [-0.2, -0.15) is 0 Å². The maximum atomic E-state index is 12.1. The maximum Gasteiger partial charge on any atom is 0.295 e. The van der Waals surface area contributed by atoms with E-state index in [1.807, 2.05) is 13.8 Å². The molecule has 2 N–H and O–H groups in total. The van der Waals surface area contributed by atoms with Crippen LogP contribution in [0.1, 0.15) is 24.2 Å². The normalized spacial score (nSPS) is 10.2. The molecule has 0 atom stereocenters. The molecule has 1 aromatic rings. The zero-order valence-corrected chi connectivity index (χ0v) is 12.5. The number of benzene rings is 1. The van der Waals surface area contributed by atoms with E-state index in [0.29, 0.717) is 22.6 Å². The van der Waals surface area contributed by atoms with Crippen LogP contribution in [0.4, 0.5) is 5.69 Å². The molecule has 0 fully saturated rings. The monoisotopic (exact) mass is 332 g/mol. The van der Waals surface area contributed by atoms with Crippen LogP contribution in [0.15, 0.2) is 16.6 Å². The van der Waals surface area contributed by atoms with E-state index >= 15 is 0 Å². The molecule has 0 aliphatic rings. The average Bonchev–Trinajstić information content (AvgIpc) is 2.34. The first kappa shape index (κ1) is 15.0. The predicted octanol–water partition coefficient (Wildman–Crippen LogP) is 2.74. The van der Waals surface area contributed by atoms with Gasteiger partial charge < -0.3 is 10.6 Å². The number of nitrogens with zero attached hydrogens (tertiary/aromatic N) is 1. The summed E-state index contributed by atoms with van der Waals surface area (Å²) >= 11 is 9.05. The molecule has 0 radical (unpaired) electrons. The summed E-state index contributed by atoms with van der Waals surface area (Å²) in [5.74, 6) is -1.21. The Balaban J connectivity index is 3.15. The van der Waals surface area contributed by atoms with Crippen LogP contribution in [0.25, 0.3) is 0 Å². The second-order valence-electron chi connectivity index (χ2n) is 3.66. The lowest BCUT2D eigenvalue weighted by atomic mass is 10.1. The molecule has 0 aliphatic heterocycles. The number of ketones is 1. The molecule has 98 valence electrons. The van der Waals surface area contributed by atoms with Crippen LogP contribution in [-0.4, -0.2) is 29.7 Å². The van der Waals surface area contributed by atoms with Gasteiger partial charge in [0.2, 0.25) is 0 Å². The van der Waals surface area contributed by atoms with E-state index in [0.717, 1.165) is 0 Å². The van der Waals surface area contributed by atoms with Crippen molar-refractivity contribution < 1.29 is 9.59 Å². The molecule has 0 aromatic heterocycles. The van der Waals surface area contributed by atoms with Crippen molar-refractivity contribution in [1.29, 1.82) is 0 Å².